The number of carbonyl (C=O) groups excluding carboxylic acids is 2. The zero-order chi connectivity index (χ0) is 12.1. The second kappa shape index (κ2) is 5.51. The van der Waals surface area contributed by atoms with Crippen LogP contribution in [0.5, 0.6) is 0 Å². The van der Waals surface area contributed by atoms with E-state index in [4.69, 9.17) is 11.6 Å². The number of urea groups is 1. The highest BCUT2D eigenvalue weighted by atomic mass is 35.5. The number of halogens is 1. The van der Waals surface area contributed by atoms with Crippen molar-refractivity contribution in [1.82, 2.24) is 10.2 Å². The molecule has 0 radical (unpaired) electrons. The minimum absolute atomic E-state index is 0.0304. The molecule has 0 saturated heterocycles. The maximum atomic E-state index is 11.6. The standard InChI is InChI=1S/C11H13ClN2O2/c1-14(2)11(16)13-7-10(15)8-4-3-5-9(12)6-8/h3-6H,7H2,1-2H3,(H,13,16). The van der Waals surface area contributed by atoms with E-state index >= 15 is 0 Å². The van der Waals surface area contributed by atoms with Gasteiger partial charge in [-0.25, -0.2) is 4.79 Å². The predicted octanol–water partition coefficient (Wildman–Crippen LogP) is 1.79. The molecule has 0 aromatic heterocycles. The van der Waals surface area contributed by atoms with E-state index in [-0.39, 0.29) is 18.4 Å². The third kappa shape index (κ3) is 3.55. The molecule has 0 heterocycles. The van der Waals surface area contributed by atoms with E-state index in [0.29, 0.717) is 10.6 Å². The summed E-state index contributed by atoms with van der Waals surface area (Å²) in [7, 11) is 3.22. The number of nitrogens with one attached hydrogen (secondary N) is 1. The fraction of sp³-hybridized carbons (Fsp3) is 0.273. The Kier molecular flexibility index (Phi) is 4.31. The van der Waals surface area contributed by atoms with Crippen LogP contribution in [0.4, 0.5) is 4.79 Å². The van der Waals surface area contributed by atoms with E-state index < -0.39 is 0 Å². The van der Waals surface area contributed by atoms with Gasteiger partial charge >= 0.3 is 6.03 Å². The second-order valence-corrected chi connectivity index (χ2v) is 3.92. The van der Waals surface area contributed by atoms with Gasteiger partial charge in [0.2, 0.25) is 0 Å². The van der Waals surface area contributed by atoms with E-state index in [0.717, 1.165) is 0 Å². The summed E-state index contributed by atoms with van der Waals surface area (Å²) in [6.45, 7) is -0.0304. The molecule has 4 nitrogen and oxygen atoms in total. The van der Waals surface area contributed by atoms with Crippen molar-refractivity contribution < 1.29 is 9.59 Å². The lowest BCUT2D eigenvalue weighted by atomic mass is 10.1. The third-order valence-electron chi connectivity index (χ3n) is 1.95. The molecule has 1 N–H and O–H groups in total. The average Bonchev–Trinajstić information content (AvgIpc) is 2.25. The van der Waals surface area contributed by atoms with Crippen molar-refractivity contribution in [3.05, 3.63) is 34.9 Å². The number of ketones is 1. The van der Waals surface area contributed by atoms with Gasteiger partial charge in [-0.2, -0.15) is 0 Å². The summed E-state index contributed by atoms with van der Waals surface area (Å²) in [4.78, 5) is 24.2. The van der Waals surface area contributed by atoms with Crippen LogP contribution >= 0.6 is 11.6 Å². The van der Waals surface area contributed by atoms with Crippen LogP contribution in [0.25, 0.3) is 0 Å². The monoisotopic (exact) mass is 240 g/mol. The van der Waals surface area contributed by atoms with Crippen LogP contribution in [0.15, 0.2) is 24.3 Å². The number of Topliss-reactive ketones (excluding diaryl/α,β-unsaturated/α-hetero) is 1. The van der Waals surface area contributed by atoms with Crippen molar-refractivity contribution in [1.29, 1.82) is 0 Å². The molecule has 0 unspecified atom stereocenters. The van der Waals surface area contributed by atoms with Crippen molar-refractivity contribution in [2.24, 2.45) is 0 Å². The van der Waals surface area contributed by atoms with Crippen LogP contribution < -0.4 is 5.32 Å². The van der Waals surface area contributed by atoms with Gasteiger partial charge in [0.25, 0.3) is 0 Å². The van der Waals surface area contributed by atoms with Gasteiger partial charge < -0.3 is 10.2 Å². The lowest BCUT2D eigenvalue weighted by molar-refractivity contribution is 0.0990. The topological polar surface area (TPSA) is 49.4 Å². The number of carbonyl (C=O) groups is 2. The average molecular weight is 241 g/mol. The molecule has 0 atom stereocenters. The van der Waals surface area contributed by atoms with Gasteiger partial charge in [0.1, 0.15) is 0 Å². The Labute approximate surface area is 99.2 Å². The zero-order valence-corrected chi connectivity index (χ0v) is 9.91. The first-order chi connectivity index (χ1) is 7.50. The molecule has 86 valence electrons. The summed E-state index contributed by atoms with van der Waals surface area (Å²) in [5, 5.41) is 3.00. The number of rotatable bonds is 3. The smallest absolute Gasteiger partial charge is 0.317 e. The van der Waals surface area contributed by atoms with E-state index in [2.05, 4.69) is 5.32 Å². The Morgan fingerprint density at radius 2 is 2.06 bits per heavy atom. The molecule has 0 spiro atoms. The number of benzene rings is 1. The highest BCUT2D eigenvalue weighted by Crippen LogP contribution is 2.10. The molecule has 0 fully saturated rings. The Balaban J connectivity index is 2.57. The molecule has 5 heteroatoms. The van der Waals surface area contributed by atoms with Crippen LogP contribution in [-0.4, -0.2) is 37.4 Å². The van der Waals surface area contributed by atoms with Crippen LogP contribution in [0.2, 0.25) is 5.02 Å². The first-order valence-electron chi connectivity index (χ1n) is 4.74. The van der Waals surface area contributed by atoms with Gasteiger partial charge in [-0.15, -0.1) is 0 Å². The lowest BCUT2D eigenvalue weighted by Gasteiger charge is -2.11. The number of hydrogen-bond acceptors (Lipinski definition) is 2. The molecule has 16 heavy (non-hydrogen) atoms. The summed E-state index contributed by atoms with van der Waals surface area (Å²) in [5.41, 5.74) is 0.492. The lowest BCUT2D eigenvalue weighted by Crippen LogP contribution is -2.37. The number of nitrogens with zero attached hydrogens (tertiary/aromatic N) is 1. The summed E-state index contributed by atoms with van der Waals surface area (Å²) >= 11 is 5.75. The largest absolute Gasteiger partial charge is 0.331 e. The first-order valence-corrected chi connectivity index (χ1v) is 5.12. The molecule has 0 aliphatic heterocycles. The van der Waals surface area contributed by atoms with Gasteiger partial charge in [0, 0.05) is 24.7 Å². The molecule has 2 amide bonds. The molecular weight excluding hydrogens is 228 g/mol. The summed E-state index contributed by atoms with van der Waals surface area (Å²) < 4.78 is 0. The fourth-order valence-corrected chi connectivity index (χ4v) is 1.27. The Hall–Kier alpha value is -1.55. The number of hydrogen-bond donors (Lipinski definition) is 1. The molecule has 1 aromatic rings. The molecule has 1 rings (SSSR count). The Morgan fingerprint density at radius 1 is 1.38 bits per heavy atom. The van der Waals surface area contributed by atoms with E-state index in [1.807, 2.05) is 0 Å². The van der Waals surface area contributed by atoms with Crippen LogP contribution in [0.1, 0.15) is 10.4 Å². The van der Waals surface area contributed by atoms with Crippen molar-refractivity contribution in [2.45, 2.75) is 0 Å². The Bertz CT molecular complexity index is 405. The molecule has 0 aliphatic rings. The quantitative estimate of drug-likeness (QED) is 0.819. The van der Waals surface area contributed by atoms with E-state index in [1.54, 1.807) is 38.4 Å². The van der Waals surface area contributed by atoms with Crippen LogP contribution in [0, 0.1) is 0 Å². The minimum atomic E-state index is -0.296. The van der Waals surface area contributed by atoms with E-state index in [1.165, 1.54) is 4.90 Å². The number of amides is 2. The van der Waals surface area contributed by atoms with Crippen LogP contribution in [-0.2, 0) is 0 Å². The highest BCUT2D eigenvalue weighted by molar-refractivity contribution is 6.31. The van der Waals surface area contributed by atoms with Crippen molar-refractivity contribution in [2.75, 3.05) is 20.6 Å². The first kappa shape index (κ1) is 12.5. The van der Waals surface area contributed by atoms with Crippen molar-refractivity contribution in [3.8, 4) is 0 Å². The second-order valence-electron chi connectivity index (χ2n) is 3.49. The van der Waals surface area contributed by atoms with Gasteiger partial charge in [-0.3, -0.25) is 4.79 Å². The minimum Gasteiger partial charge on any atom is -0.331 e. The van der Waals surface area contributed by atoms with Gasteiger partial charge in [0.15, 0.2) is 5.78 Å². The predicted molar refractivity (Wildman–Crippen MR) is 62.9 cm³/mol. The van der Waals surface area contributed by atoms with Crippen molar-refractivity contribution in [3.63, 3.8) is 0 Å². The van der Waals surface area contributed by atoms with Crippen molar-refractivity contribution >= 4 is 23.4 Å². The maximum Gasteiger partial charge on any atom is 0.317 e. The van der Waals surface area contributed by atoms with Gasteiger partial charge in [0.05, 0.1) is 6.54 Å². The van der Waals surface area contributed by atoms with Crippen LogP contribution in [0.3, 0.4) is 0 Å². The normalized spacial score (nSPS) is 9.69. The highest BCUT2D eigenvalue weighted by Gasteiger charge is 2.09. The van der Waals surface area contributed by atoms with Gasteiger partial charge in [-0.05, 0) is 12.1 Å². The molecule has 1 aromatic carbocycles. The molecule has 0 aliphatic carbocycles. The van der Waals surface area contributed by atoms with E-state index in [9.17, 15) is 9.59 Å². The fourth-order valence-electron chi connectivity index (χ4n) is 1.08. The molecular formula is C11H13ClN2O2. The summed E-state index contributed by atoms with van der Waals surface area (Å²) in [6, 6.07) is 6.33. The summed E-state index contributed by atoms with van der Waals surface area (Å²) in [6.07, 6.45) is 0. The zero-order valence-electron chi connectivity index (χ0n) is 9.16. The van der Waals surface area contributed by atoms with Gasteiger partial charge in [-0.1, -0.05) is 23.7 Å². The molecule has 0 bridgehead atoms. The SMILES string of the molecule is CN(C)C(=O)NCC(=O)c1cccc(Cl)c1. The Morgan fingerprint density at radius 3 is 2.62 bits per heavy atom. The maximum absolute atomic E-state index is 11.6. The molecule has 0 saturated carbocycles. The third-order valence-corrected chi connectivity index (χ3v) is 2.19. The summed E-state index contributed by atoms with van der Waals surface area (Å²) in [5.74, 6) is -0.169.